The number of hydrogen-bond donors (Lipinski definition) is 1. The highest BCUT2D eigenvalue weighted by atomic mass is 19.1. The minimum Gasteiger partial charge on any atom is -0.365 e. The summed E-state index contributed by atoms with van der Waals surface area (Å²) in [7, 11) is 0. The summed E-state index contributed by atoms with van der Waals surface area (Å²) in [4.78, 5) is 5.99. The third-order valence-electron chi connectivity index (χ3n) is 3.34. The van der Waals surface area contributed by atoms with Crippen molar-refractivity contribution in [2.24, 2.45) is 5.73 Å². The van der Waals surface area contributed by atoms with Gasteiger partial charge in [-0.05, 0) is 49.2 Å². The molecule has 0 fully saturated rings. The Hall–Kier alpha value is -1.94. The van der Waals surface area contributed by atoms with Crippen LogP contribution in [0.4, 0.5) is 10.1 Å². The van der Waals surface area contributed by atoms with Crippen LogP contribution in [-0.2, 0) is 6.54 Å². The molecule has 0 radical (unpaired) electrons. The van der Waals surface area contributed by atoms with Crippen LogP contribution in [0.25, 0.3) is 0 Å². The molecule has 0 aliphatic carbocycles. The van der Waals surface area contributed by atoms with Crippen LogP contribution >= 0.6 is 0 Å². The number of pyridine rings is 1. The summed E-state index contributed by atoms with van der Waals surface area (Å²) in [5, 5.41) is 0. The molecule has 0 aliphatic rings. The third-order valence-corrected chi connectivity index (χ3v) is 3.34. The normalized spacial score (nSPS) is 12.2. The molecule has 106 valence electrons. The van der Waals surface area contributed by atoms with Crippen molar-refractivity contribution in [2.75, 3.05) is 11.4 Å². The van der Waals surface area contributed by atoms with Gasteiger partial charge in [0, 0.05) is 31.5 Å². The first-order chi connectivity index (χ1) is 9.61. The molecule has 2 aromatic rings. The van der Waals surface area contributed by atoms with Gasteiger partial charge in [0.25, 0.3) is 0 Å². The molecule has 0 aliphatic heterocycles. The Morgan fingerprint density at radius 1 is 1.25 bits per heavy atom. The molecule has 0 saturated carbocycles. The molecular formula is C16H20FN3. The van der Waals surface area contributed by atoms with Gasteiger partial charge in [-0.25, -0.2) is 4.39 Å². The number of nitrogens with two attached hydrogens (primary N) is 1. The van der Waals surface area contributed by atoms with Crippen LogP contribution in [0.3, 0.4) is 0 Å². The van der Waals surface area contributed by atoms with Gasteiger partial charge in [0.2, 0.25) is 0 Å². The third kappa shape index (κ3) is 3.33. The molecule has 2 N–H and O–H groups in total. The fourth-order valence-electron chi connectivity index (χ4n) is 2.14. The summed E-state index contributed by atoms with van der Waals surface area (Å²) in [5.41, 5.74) is 8.30. The van der Waals surface area contributed by atoms with Gasteiger partial charge in [0.1, 0.15) is 5.82 Å². The summed E-state index contributed by atoms with van der Waals surface area (Å²) < 4.78 is 14.2. The number of anilines is 1. The summed E-state index contributed by atoms with van der Waals surface area (Å²) in [6.07, 6.45) is 3.50. The number of rotatable bonds is 5. The number of halogens is 1. The molecule has 1 heterocycles. The standard InChI is InChI=1S/C16H20FN3/c1-3-20(11-13-6-8-19-9-7-13)16-5-4-14(12(2)18)10-15(16)17/h4-10,12H,3,11,18H2,1-2H3/t12-/m1/s1. The molecule has 1 aromatic heterocycles. The van der Waals surface area contributed by atoms with Crippen LogP contribution in [0, 0.1) is 5.82 Å². The predicted octanol–water partition coefficient (Wildman–Crippen LogP) is 3.27. The molecular weight excluding hydrogens is 253 g/mol. The first-order valence-electron chi connectivity index (χ1n) is 6.80. The molecule has 0 unspecified atom stereocenters. The number of nitrogens with zero attached hydrogens (tertiary/aromatic N) is 2. The number of aromatic nitrogens is 1. The zero-order valence-electron chi connectivity index (χ0n) is 11.9. The van der Waals surface area contributed by atoms with Gasteiger partial charge in [-0.2, -0.15) is 0 Å². The Balaban J connectivity index is 2.23. The molecule has 0 saturated heterocycles. The minimum absolute atomic E-state index is 0.158. The maximum absolute atomic E-state index is 14.2. The smallest absolute Gasteiger partial charge is 0.146 e. The van der Waals surface area contributed by atoms with Gasteiger partial charge in [0.15, 0.2) is 0 Å². The monoisotopic (exact) mass is 273 g/mol. The van der Waals surface area contributed by atoms with Crippen molar-refractivity contribution in [3.63, 3.8) is 0 Å². The van der Waals surface area contributed by atoms with Crippen LogP contribution < -0.4 is 10.6 Å². The molecule has 3 nitrogen and oxygen atoms in total. The van der Waals surface area contributed by atoms with E-state index in [-0.39, 0.29) is 11.9 Å². The fraction of sp³-hybridized carbons (Fsp3) is 0.312. The first kappa shape index (κ1) is 14.5. The van der Waals surface area contributed by atoms with Crippen LogP contribution in [0.5, 0.6) is 0 Å². The quantitative estimate of drug-likeness (QED) is 0.909. The van der Waals surface area contributed by atoms with Crippen LogP contribution in [-0.4, -0.2) is 11.5 Å². The summed E-state index contributed by atoms with van der Waals surface area (Å²) in [6, 6.07) is 8.94. The largest absolute Gasteiger partial charge is 0.365 e. The fourth-order valence-corrected chi connectivity index (χ4v) is 2.14. The number of hydrogen-bond acceptors (Lipinski definition) is 3. The van der Waals surface area contributed by atoms with Gasteiger partial charge < -0.3 is 10.6 Å². The van der Waals surface area contributed by atoms with Crippen molar-refractivity contribution < 1.29 is 4.39 Å². The number of benzene rings is 1. The lowest BCUT2D eigenvalue weighted by Gasteiger charge is -2.24. The van der Waals surface area contributed by atoms with E-state index in [4.69, 9.17) is 5.73 Å². The minimum atomic E-state index is -0.226. The van der Waals surface area contributed by atoms with Gasteiger partial charge in [0.05, 0.1) is 5.69 Å². The molecule has 0 bridgehead atoms. The highest BCUT2D eigenvalue weighted by Gasteiger charge is 2.12. The van der Waals surface area contributed by atoms with Gasteiger partial charge in [-0.3, -0.25) is 4.98 Å². The Morgan fingerprint density at radius 2 is 1.95 bits per heavy atom. The van der Waals surface area contributed by atoms with Crippen LogP contribution in [0.1, 0.15) is 31.0 Å². The summed E-state index contributed by atoms with van der Waals surface area (Å²) in [6.45, 7) is 5.26. The van der Waals surface area contributed by atoms with Crippen molar-refractivity contribution in [1.29, 1.82) is 0 Å². The molecule has 2 rings (SSSR count). The Labute approximate surface area is 119 Å². The molecule has 0 spiro atoms. The zero-order valence-corrected chi connectivity index (χ0v) is 11.9. The van der Waals surface area contributed by atoms with Crippen molar-refractivity contribution in [3.8, 4) is 0 Å². The highest BCUT2D eigenvalue weighted by Crippen LogP contribution is 2.24. The molecule has 1 atom stereocenters. The second kappa shape index (κ2) is 6.48. The SMILES string of the molecule is CCN(Cc1ccncc1)c1ccc([C@@H](C)N)cc1F. The van der Waals surface area contributed by atoms with Gasteiger partial charge >= 0.3 is 0 Å². The van der Waals surface area contributed by atoms with E-state index < -0.39 is 0 Å². The van der Waals surface area contributed by atoms with E-state index in [2.05, 4.69) is 4.98 Å². The lowest BCUT2D eigenvalue weighted by molar-refractivity contribution is 0.613. The molecule has 4 heteroatoms. The second-order valence-corrected chi connectivity index (χ2v) is 4.87. The van der Waals surface area contributed by atoms with Crippen LogP contribution in [0.15, 0.2) is 42.7 Å². The molecule has 20 heavy (non-hydrogen) atoms. The van der Waals surface area contributed by atoms with Crippen LogP contribution in [0.2, 0.25) is 0 Å². The van der Waals surface area contributed by atoms with Crippen molar-refractivity contribution >= 4 is 5.69 Å². The van der Waals surface area contributed by atoms with E-state index in [0.29, 0.717) is 12.2 Å². The van der Waals surface area contributed by atoms with Crippen molar-refractivity contribution in [3.05, 3.63) is 59.7 Å². The van der Waals surface area contributed by atoms with E-state index in [9.17, 15) is 4.39 Å². The topological polar surface area (TPSA) is 42.2 Å². The van der Waals surface area contributed by atoms with Gasteiger partial charge in [-0.15, -0.1) is 0 Å². The summed E-state index contributed by atoms with van der Waals surface area (Å²) in [5.74, 6) is -0.226. The van der Waals surface area contributed by atoms with E-state index in [1.165, 1.54) is 6.07 Å². The lowest BCUT2D eigenvalue weighted by atomic mass is 10.1. The molecule has 0 amide bonds. The maximum atomic E-state index is 14.2. The average Bonchev–Trinajstić information content (AvgIpc) is 2.46. The Morgan fingerprint density at radius 3 is 2.50 bits per heavy atom. The van der Waals surface area contributed by atoms with Crippen molar-refractivity contribution in [2.45, 2.75) is 26.4 Å². The van der Waals surface area contributed by atoms with Crippen molar-refractivity contribution in [1.82, 2.24) is 4.98 Å². The van der Waals surface area contributed by atoms with Gasteiger partial charge in [-0.1, -0.05) is 6.07 Å². The maximum Gasteiger partial charge on any atom is 0.146 e. The molecule has 1 aromatic carbocycles. The average molecular weight is 273 g/mol. The Bertz CT molecular complexity index is 555. The van der Waals surface area contributed by atoms with E-state index in [0.717, 1.165) is 17.7 Å². The lowest BCUT2D eigenvalue weighted by Crippen LogP contribution is -2.23. The zero-order chi connectivity index (χ0) is 14.5. The second-order valence-electron chi connectivity index (χ2n) is 4.87. The predicted molar refractivity (Wildman–Crippen MR) is 80.0 cm³/mol. The summed E-state index contributed by atoms with van der Waals surface area (Å²) >= 11 is 0. The van der Waals surface area contributed by atoms with E-state index in [1.54, 1.807) is 18.5 Å². The van der Waals surface area contributed by atoms with E-state index >= 15 is 0 Å². The highest BCUT2D eigenvalue weighted by molar-refractivity contribution is 5.50. The first-order valence-corrected chi connectivity index (χ1v) is 6.80. The van der Waals surface area contributed by atoms with E-state index in [1.807, 2.05) is 36.9 Å². The Kier molecular flexibility index (Phi) is 4.69.